The molecule has 0 aliphatic rings. The molecule has 0 fully saturated rings. The lowest BCUT2D eigenvalue weighted by atomic mass is 10.2. The van der Waals surface area contributed by atoms with Crippen molar-refractivity contribution in [2.24, 2.45) is 0 Å². The van der Waals surface area contributed by atoms with Crippen LogP contribution in [0.15, 0.2) is 48.5 Å². The Morgan fingerprint density at radius 3 is 2.55 bits per heavy atom. The molecule has 0 atom stereocenters. The molecule has 0 amide bonds. The summed E-state index contributed by atoms with van der Waals surface area (Å²) < 4.78 is 23.5. The molecule has 0 aromatic heterocycles. The van der Waals surface area contributed by atoms with Gasteiger partial charge >= 0.3 is 0 Å². The van der Waals surface area contributed by atoms with Crippen LogP contribution in [0.3, 0.4) is 0 Å². The van der Waals surface area contributed by atoms with Crippen molar-refractivity contribution in [2.45, 2.75) is 13.2 Å². The van der Waals surface area contributed by atoms with Crippen LogP contribution in [-0.2, 0) is 17.9 Å². The number of methoxy groups -OCH3 is 1. The molecular formula is C17H21ClFNO2. The Labute approximate surface area is 136 Å². The van der Waals surface area contributed by atoms with Gasteiger partial charge in [-0.15, -0.1) is 12.4 Å². The summed E-state index contributed by atoms with van der Waals surface area (Å²) in [7, 11) is 1.69. The number of rotatable bonds is 8. The molecule has 0 aliphatic heterocycles. The second kappa shape index (κ2) is 10.2. The van der Waals surface area contributed by atoms with Crippen molar-refractivity contribution in [3.05, 3.63) is 65.5 Å². The van der Waals surface area contributed by atoms with Crippen molar-refractivity contribution in [3.8, 4) is 5.75 Å². The van der Waals surface area contributed by atoms with Crippen LogP contribution in [0, 0.1) is 5.82 Å². The predicted molar refractivity (Wildman–Crippen MR) is 88.0 cm³/mol. The largest absolute Gasteiger partial charge is 0.489 e. The highest BCUT2D eigenvalue weighted by Crippen LogP contribution is 2.15. The van der Waals surface area contributed by atoms with Crippen LogP contribution in [-0.4, -0.2) is 20.3 Å². The minimum Gasteiger partial charge on any atom is -0.489 e. The van der Waals surface area contributed by atoms with E-state index in [4.69, 9.17) is 9.47 Å². The molecular weight excluding hydrogens is 305 g/mol. The van der Waals surface area contributed by atoms with Crippen molar-refractivity contribution in [1.82, 2.24) is 5.32 Å². The predicted octanol–water partition coefficient (Wildman–Crippen LogP) is 3.56. The van der Waals surface area contributed by atoms with Crippen molar-refractivity contribution in [1.29, 1.82) is 0 Å². The van der Waals surface area contributed by atoms with Gasteiger partial charge in [-0.3, -0.25) is 0 Å². The van der Waals surface area contributed by atoms with Crippen molar-refractivity contribution >= 4 is 12.4 Å². The number of hydrogen-bond acceptors (Lipinski definition) is 3. The Morgan fingerprint density at radius 2 is 1.82 bits per heavy atom. The van der Waals surface area contributed by atoms with E-state index < -0.39 is 0 Å². The average molecular weight is 326 g/mol. The van der Waals surface area contributed by atoms with E-state index in [0.29, 0.717) is 13.2 Å². The van der Waals surface area contributed by atoms with E-state index in [9.17, 15) is 4.39 Å². The third-order valence-corrected chi connectivity index (χ3v) is 3.03. The van der Waals surface area contributed by atoms with Gasteiger partial charge in [-0.25, -0.2) is 4.39 Å². The average Bonchev–Trinajstić information content (AvgIpc) is 2.52. The number of nitrogens with one attached hydrogen (secondary N) is 1. The van der Waals surface area contributed by atoms with Gasteiger partial charge in [-0.2, -0.15) is 0 Å². The Bertz CT molecular complexity index is 549. The van der Waals surface area contributed by atoms with Crippen LogP contribution in [0.4, 0.5) is 4.39 Å². The molecule has 1 N–H and O–H groups in total. The van der Waals surface area contributed by atoms with Crippen LogP contribution < -0.4 is 10.1 Å². The van der Waals surface area contributed by atoms with E-state index in [1.165, 1.54) is 12.1 Å². The van der Waals surface area contributed by atoms with Gasteiger partial charge in [0.15, 0.2) is 0 Å². The van der Waals surface area contributed by atoms with Crippen LogP contribution >= 0.6 is 12.4 Å². The number of ether oxygens (including phenoxy) is 2. The monoisotopic (exact) mass is 325 g/mol. The highest BCUT2D eigenvalue weighted by Gasteiger charge is 1.99. The zero-order valence-electron chi connectivity index (χ0n) is 12.5. The summed E-state index contributed by atoms with van der Waals surface area (Å²) in [5.41, 5.74) is 2.10. The molecule has 2 aromatic carbocycles. The molecule has 2 aromatic rings. The second-order valence-electron chi connectivity index (χ2n) is 4.73. The Balaban J connectivity index is 0.00000242. The Kier molecular flexibility index (Phi) is 8.51. The second-order valence-corrected chi connectivity index (χ2v) is 4.73. The quantitative estimate of drug-likeness (QED) is 0.753. The van der Waals surface area contributed by atoms with Gasteiger partial charge in [0.05, 0.1) is 6.61 Å². The minimum absolute atomic E-state index is 0. The smallest absolute Gasteiger partial charge is 0.123 e. The first kappa shape index (κ1) is 18.4. The third kappa shape index (κ3) is 6.43. The summed E-state index contributed by atoms with van der Waals surface area (Å²) in [5, 5.41) is 3.29. The van der Waals surface area contributed by atoms with Crippen LogP contribution in [0.25, 0.3) is 0 Å². The van der Waals surface area contributed by atoms with Crippen molar-refractivity contribution in [2.75, 3.05) is 20.3 Å². The summed E-state index contributed by atoms with van der Waals surface area (Å²) in [4.78, 5) is 0. The van der Waals surface area contributed by atoms with Crippen molar-refractivity contribution in [3.63, 3.8) is 0 Å². The normalized spacial score (nSPS) is 10.1. The topological polar surface area (TPSA) is 30.5 Å². The Hall–Kier alpha value is -1.62. The zero-order chi connectivity index (χ0) is 14.9. The van der Waals surface area contributed by atoms with E-state index in [0.717, 1.165) is 30.0 Å². The van der Waals surface area contributed by atoms with Gasteiger partial charge in [0.25, 0.3) is 0 Å². The first-order valence-corrected chi connectivity index (χ1v) is 6.94. The van der Waals surface area contributed by atoms with Crippen LogP contribution in [0.5, 0.6) is 5.75 Å². The fourth-order valence-corrected chi connectivity index (χ4v) is 1.90. The number of benzene rings is 2. The van der Waals surface area contributed by atoms with E-state index in [2.05, 4.69) is 5.32 Å². The third-order valence-electron chi connectivity index (χ3n) is 3.03. The maximum absolute atomic E-state index is 12.8. The first-order valence-electron chi connectivity index (χ1n) is 6.94. The van der Waals surface area contributed by atoms with Crippen molar-refractivity contribution < 1.29 is 13.9 Å². The molecule has 0 saturated heterocycles. The highest BCUT2D eigenvalue weighted by molar-refractivity contribution is 5.85. The van der Waals surface area contributed by atoms with E-state index in [1.807, 2.05) is 24.3 Å². The first-order chi connectivity index (χ1) is 10.3. The molecule has 5 heteroatoms. The number of hydrogen-bond donors (Lipinski definition) is 1. The van der Waals surface area contributed by atoms with Gasteiger partial charge < -0.3 is 14.8 Å². The van der Waals surface area contributed by atoms with Gasteiger partial charge in [0.1, 0.15) is 18.2 Å². The van der Waals surface area contributed by atoms with Gasteiger partial charge in [-0.1, -0.05) is 24.3 Å². The molecule has 120 valence electrons. The molecule has 22 heavy (non-hydrogen) atoms. The highest BCUT2D eigenvalue weighted by atomic mass is 35.5. The van der Waals surface area contributed by atoms with E-state index >= 15 is 0 Å². The fourth-order valence-electron chi connectivity index (χ4n) is 1.90. The van der Waals surface area contributed by atoms with Crippen LogP contribution in [0.1, 0.15) is 11.1 Å². The summed E-state index contributed by atoms with van der Waals surface area (Å²) in [5.74, 6) is 0.577. The Morgan fingerprint density at radius 1 is 1.05 bits per heavy atom. The zero-order valence-corrected chi connectivity index (χ0v) is 13.4. The maximum Gasteiger partial charge on any atom is 0.123 e. The maximum atomic E-state index is 12.8. The lowest BCUT2D eigenvalue weighted by molar-refractivity contribution is 0.199. The van der Waals surface area contributed by atoms with E-state index in [1.54, 1.807) is 19.2 Å². The molecule has 0 bridgehead atoms. The molecule has 0 aliphatic carbocycles. The lowest BCUT2D eigenvalue weighted by Gasteiger charge is -2.09. The fraction of sp³-hybridized carbons (Fsp3) is 0.294. The van der Waals surface area contributed by atoms with Gasteiger partial charge in [0.2, 0.25) is 0 Å². The molecule has 0 radical (unpaired) electrons. The molecule has 3 nitrogen and oxygen atoms in total. The lowest BCUT2D eigenvalue weighted by Crippen LogP contribution is -2.18. The summed E-state index contributed by atoms with van der Waals surface area (Å²) >= 11 is 0. The summed E-state index contributed by atoms with van der Waals surface area (Å²) in [6.07, 6.45) is 0. The minimum atomic E-state index is -0.233. The standard InChI is InChI=1S/C17H20FNO2.ClH/c1-20-10-9-19-12-15-3-2-4-17(11-15)21-13-14-5-7-16(18)8-6-14;/h2-8,11,19H,9-10,12-13H2,1H3;1H. The summed E-state index contributed by atoms with van der Waals surface area (Å²) in [6.45, 7) is 2.72. The molecule has 0 spiro atoms. The molecule has 0 unspecified atom stereocenters. The molecule has 2 rings (SSSR count). The van der Waals surface area contributed by atoms with Gasteiger partial charge in [-0.05, 0) is 35.4 Å². The van der Waals surface area contributed by atoms with Gasteiger partial charge in [0, 0.05) is 20.2 Å². The number of halogens is 2. The van der Waals surface area contributed by atoms with Crippen LogP contribution in [0.2, 0.25) is 0 Å². The molecule has 0 saturated carbocycles. The molecule has 0 heterocycles. The SMILES string of the molecule is COCCNCc1cccc(OCc2ccc(F)cc2)c1.Cl. The van der Waals surface area contributed by atoms with E-state index in [-0.39, 0.29) is 18.2 Å². The summed E-state index contributed by atoms with van der Waals surface area (Å²) in [6, 6.07) is 14.3.